The molecule has 0 fully saturated rings. The predicted octanol–water partition coefficient (Wildman–Crippen LogP) is 2.78. The minimum atomic E-state index is -6.07. The Labute approximate surface area is 89.5 Å². The molecule has 0 rings (SSSR count). The molecule has 1 N–H and O–H groups in total. The monoisotopic (exact) mass is 270 g/mol. The lowest BCUT2D eigenvalue weighted by atomic mass is 10.1. The fourth-order valence-electron chi connectivity index (χ4n) is 0.799. The van der Waals surface area contributed by atoms with Gasteiger partial charge in [-0.05, 0) is 6.92 Å². The van der Waals surface area contributed by atoms with Crippen LogP contribution in [0.1, 0.15) is 6.92 Å². The fraction of sp³-hybridized carbons (Fsp3) is 0.571. The van der Waals surface area contributed by atoms with Gasteiger partial charge in [-0.2, -0.15) is 17.6 Å². The Kier molecular flexibility index (Phi) is 4.16. The molecule has 0 saturated carbocycles. The maximum Gasteiger partial charge on any atom is 0.525 e. The van der Waals surface area contributed by atoms with Crippen molar-refractivity contribution in [3.8, 4) is 0 Å². The van der Waals surface area contributed by atoms with Crippen molar-refractivity contribution in [2.45, 2.75) is 25.3 Å². The Hall–Kier alpha value is -1.32. The molecular weight excluding hydrogens is 265 g/mol. The quantitative estimate of drug-likeness (QED) is 0.633. The van der Waals surface area contributed by atoms with E-state index in [0.29, 0.717) is 0 Å². The average Bonchev–Trinajstić information content (AvgIpc) is 1.96. The maximum absolute atomic E-state index is 13.1. The van der Waals surface area contributed by atoms with Gasteiger partial charge in [-0.3, -0.25) is 0 Å². The number of hydrogen-bond acceptors (Lipinski definition) is 2. The van der Waals surface area contributed by atoms with E-state index in [-0.39, 0.29) is 13.0 Å². The van der Waals surface area contributed by atoms with Crippen LogP contribution in [-0.2, 0) is 9.53 Å². The van der Waals surface area contributed by atoms with E-state index in [1.807, 2.05) is 0 Å². The fourth-order valence-corrected chi connectivity index (χ4v) is 0.799. The number of carboxylic acid groups (broad SMARTS) is 1. The summed E-state index contributed by atoms with van der Waals surface area (Å²) < 4.78 is 86.7. The van der Waals surface area contributed by atoms with Crippen LogP contribution in [0.5, 0.6) is 0 Å². The van der Waals surface area contributed by atoms with E-state index >= 15 is 0 Å². The lowest BCUT2D eigenvalue weighted by Gasteiger charge is -2.28. The zero-order valence-electron chi connectivity index (χ0n) is 7.99. The van der Waals surface area contributed by atoms with Crippen molar-refractivity contribution in [1.82, 2.24) is 0 Å². The van der Waals surface area contributed by atoms with Crippen LogP contribution in [-0.4, -0.2) is 29.5 Å². The van der Waals surface area contributed by atoms with Gasteiger partial charge in [0.05, 0.1) is 0 Å². The molecule has 0 aromatic rings. The van der Waals surface area contributed by atoms with Gasteiger partial charge in [-0.1, -0.05) is 0 Å². The van der Waals surface area contributed by atoms with Gasteiger partial charge >= 0.3 is 24.4 Å². The highest BCUT2D eigenvalue weighted by Crippen LogP contribution is 2.44. The van der Waals surface area contributed by atoms with Crippen LogP contribution in [0.15, 0.2) is 11.6 Å². The minimum Gasteiger partial charge on any atom is -0.478 e. The van der Waals surface area contributed by atoms with E-state index in [4.69, 9.17) is 5.11 Å². The van der Waals surface area contributed by atoms with Gasteiger partial charge in [0.2, 0.25) is 0 Å². The molecule has 0 aromatic carbocycles. The highest BCUT2D eigenvalue weighted by atomic mass is 19.4. The van der Waals surface area contributed by atoms with Crippen LogP contribution in [0.4, 0.5) is 30.7 Å². The zero-order chi connectivity index (χ0) is 14.1. The number of alkyl halides is 7. The van der Waals surface area contributed by atoms with Gasteiger partial charge in [-0.15, -0.1) is 13.2 Å². The largest absolute Gasteiger partial charge is 0.525 e. The van der Waals surface area contributed by atoms with Crippen LogP contribution >= 0.6 is 0 Å². The highest BCUT2D eigenvalue weighted by molar-refractivity contribution is 5.80. The second kappa shape index (κ2) is 4.51. The molecular formula is C7H5F7O3. The molecule has 0 aliphatic carbocycles. The highest BCUT2D eigenvalue weighted by Gasteiger charge is 2.63. The average molecular weight is 270 g/mol. The molecule has 100 valence electrons. The second-order valence-electron chi connectivity index (χ2n) is 2.81. The molecule has 1 atom stereocenters. The van der Waals surface area contributed by atoms with Gasteiger partial charge in [-0.25, -0.2) is 9.53 Å². The van der Waals surface area contributed by atoms with Crippen LogP contribution in [0.25, 0.3) is 0 Å². The predicted molar refractivity (Wildman–Crippen MR) is 38.4 cm³/mol. The number of halogens is 7. The summed E-state index contributed by atoms with van der Waals surface area (Å²) >= 11 is 0. The molecule has 0 bridgehead atoms. The summed E-state index contributed by atoms with van der Waals surface area (Å²) in [6.45, 7) is 0.216. The third-order valence-corrected chi connectivity index (χ3v) is 1.47. The first-order chi connectivity index (χ1) is 7.29. The summed E-state index contributed by atoms with van der Waals surface area (Å²) in [5.74, 6) is -7.27. The number of hydrogen-bond donors (Lipinski definition) is 1. The minimum absolute atomic E-state index is 0.216. The third kappa shape index (κ3) is 4.21. The summed E-state index contributed by atoms with van der Waals surface area (Å²) in [6.07, 6.45) is -12.4. The van der Waals surface area contributed by atoms with Crippen molar-refractivity contribution in [2.75, 3.05) is 0 Å². The van der Waals surface area contributed by atoms with Crippen molar-refractivity contribution in [3.63, 3.8) is 0 Å². The van der Waals surface area contributed by atoms with E-state index in [1.165, 1.54) is 0 Å². The van der Waals surface area contributed by atoms with Crippen LogP contribution < -0.4 is 0 Å². The van der Waals surface area contributed by atoms with Crippen molar-refractivity contribution in [1.29, 1.82) is 0 Å². The summed E-state index contributed by atoms with van der Waals surface area (Å²) in [7, 11) is 0. The Bertz CT molecular complexity index is 329. The number of rotatable bonds is 3. The molecule has 0 saturated heterocycles. The number of carbonyl (C=O) groups is 1. The molecule has 1 unspecified atom stereocenters. The van der Waals surface area contributed by atoms with Crippen molar-refractivity contribution < 1.29 is 45.4 Å². The van der Waals surface area contributed by atoms with E-state index in [0.717, 1.165) is 0 Å². The van der Waals surface area contributed by atoms with Crippen molar-refractivity contribution in [3.05, 3.63) is 11.6 Å². The number of aliphatic carboxylic acids is 1. The topological polar surface area (TPSA) is 46.5 Å². The molecule has 0 radical (unpaired) electrons. The first-order valence-corrected chi connectivity index (χ1v) is 3.74. The van der Waals surface area contributed by atoms with Crippen molar-refractivity contribution in [2.24, 2.45) is 0 Å². The van der Waals surface area contributed by atoms with Gasteiger partial charge in [0, 0.05) is 11.6 Å². The Morgan fingerprint density at radius 3 is 1.76 bits per heavy atom. The smallest absolute Gasteiger partial charge is 0.478 e. The van der Waals surface area contributed by atoms with Gasteiger partial charge in [0.15, 0.2) is 0 Å². The molecule has 0 aromatic heterocycles. The van der Waals surface area contributed by atoms with Gasteiger partial charge in [0.1, 0.15) is 0 Å². The molecule has 0 aliphatic rings. The van der Waals surface area contributed by atoms with Gasteiger partial charge < -0.3 is 5.11 Å². The molecule has 0 spiro atoms. The van der Waals surface area contributed by atoms with E-state index in [1.54, 1.807) is 0 Å². The molecule has 0 heterocycles. The lowest BCUT2D eigenvalue weighted by molar-refractivity contribution is -0.435. The molecule has 10 heteroatoms. The Balaban J connectivity index is 5.50. The van der Waals surface area contributed by atoms with E-state index in [9.17, 15) is 35.5 Å². The lowest BCUT2D eigenvalue weighted by Crippen LogP contribution is -2.48. The van der Waals surface area contributed by atoms with Crippen LogP contribution in [0.3, 0.4) is 0 Å². The van der Waals surface area contributed by atoms with E-state index < -0.39 is 29.9 Å². The zero-order valence-corrected chi connectivity index (χ0v) is 7.99. The summed E-state index contributed by atoms with van der Waals surface area (Å²) in [5.41, 5.74) is -1.78. The number of carboxylic acids is 1. The third-order valence-electron chi connectivity index (χ3n) is 1.47. The van der Waals surface area contributed by atoms with Crippen LogP contribution in [0.2, 0.25) is 0 Å². The molecule has 17 heavy (non-hydrogen) atoms. The van der Waals surface area contributed by atoms with Gasteiger partial charge in [0.25, 0.3) is 0 Å². The molecule has 0 amide bonds. The first kappa shape index (κ1) is 15.7. The standard InChI is InChI=1S/C7H5F7O3/c1-3(2-4(15)16)5(8,6(9,10)11)17-7(12,13)14/h2H,1H3,(H,15,16). The number of ether oxygens (including phenoxy) is 1. The summed E-state index contributed by atoms with van der Waals surface area (Å²) in [6, 6.07) is 0. The summed E-state index contributed by atoms with van der Waals surface area (Å²) in [4.78, 5) is 10.0. The Morgan fingerprint density at radius 2 is 1.53 bits per heavy atom. The van der Waals surface area contributed by atoms with E-state index in [2.05, 4.69) is 4.74 Å². The maximum atomic E-state index is 13.1. The SMILES string of the molecule is CC(=CC(=O)O)C(F)(OC(F)(F)F)C(F)(F)F. The van der Waals surface area contributed by atoms with Crippen molar-refractivity contribution >= 4 is 5.97 Å². The Morgan fingerprint density at radius 1 is 1.12 bits per heavy atom. The summed E-state index contributed by atoms with van der Waals surface area (Å²) in [5, 5.41) is 8.06. The van der Waals surface area contributed by atoms with Crippen LogP contribution in [0, 0.1) is 0 Å². The molecule has 3 nitrogen and oxygen atoms in total. The normalized spacial score (nSPS) is 17.8. The molecule has 0 aliphatic heterocycles. The first-order valence-electron chi connectivity index (χ1n) is 3.74. The second-order valence-corrected chi connectivity index (χ2v) is 2.81.